The van der Waals surface area contributed by atoms with Gasteiger partial charge in [-0.3, -0.25) is 14.9 Å². The quantitative estimate of drug-likeness (QED) is 0.0786. The predicted molar refractivity (Wildman–Crippen MR) is 124 cm³/mol. The molecule has 9 heteroatoms. The van der Waals surface area contributed by atoms with Crippen LogP contribution in [0.2, 0.25) is 0 Å². The molecule has 3 rings (SSSR count). The Morgan fingerprint density at radius 3 is 1.61 bits per heavy atom. The average Bonchev–Trinajstić information content (AvgIpc) is 2.83. The van der Waals surface area contributed by atoms with Crippen molar-refractivity contribution in [2.45, 2.75) is 32.6 Å². The van der Waals surface area contributed by atoms with Crippen LogP contribution < -0.4 is 4.74 Å². The van der Waals surface area contributed by atoms with Gasteiger partial charge in [0.05, 0.1) is 27.7 Å². The number of rotatable bonds is 10. The van der Waals surface area contributed by atoms with E-state index in [2.05, 4.69) is 27.4 Å². The van der Waals surface area contributed by atoms with Gasteiger partial charge in [0.2, 0.25) is 0 Å². The third-order valence-electron chi connectivity index (χ3n) is 4.52. The second-order valence-electron chi connectivity index (χ2n) is 7.11. The van der Waals surface area contributed by atoms with Crippen molar-refractivity contribution in [3.8, 4) is 5.75 Å². The number of azo groups is 2. The monoisotopic (exact) mass is 445 g/mol. The molecule has 0 aromatic heterocycles. The van der Waals surface area contributed by atoms with Crippen LogP contribution in [0.5, 0.6) is 5.75 Å². The van der Waals surface area contributed by atoms with Gasteiger partial charge in [0.1, 0.15) is 5.75 Å². The lowest BCUT2D eigenvalue weighted by atomic mass is 10.2. The number of nitro groups is 1. The molecule has 0 amide bonds. The molecule has 0 fully saturated rings. The highest BCUT2D eigenvalue weighted by atomic mass is 16.6. The van der Waals surface area contributed by atoms with Crippen LogP contribution in [-0.2, 0) is 4.79 Å². The van der Waals surface area contributed by atoms with Crippen LogP contribution in [0.25, 0.3) is 0 Å². The molecule has 0 saturated carbocycles. The van der Waals surface area contributed by atoms with Gasteiger partial charge in [-0.25, -0.2) is 0 Å². The Balaban J connectivity index is 1.53. The van der Waals surface area contributed by atoms with Crippen molar-refractivity contribution in [1.82, 2.24) is 0 Å². The smallest absolute Gasteiger partial charge is 0.311 e. The molecule has 0 N–H and O–H groups in total. The third-order valence-corrected chi connectivity index (χ3v) is 4.52. The number of hydrogen-bond acceptors (Lipinski definition) is 8. The Bertz CT molecular complexity index is 1130. The maximum Gasteiger partial charge on any atom is 0.311 e. The van der Waals surface area contributed by atoms with Gasteiger partial charge < -0.3 is 4.74 Å². The number of non-ortho nitro benzene ring substituents is 1. The zero-order chi connectivity index (χ0) is 23.5. The minimum Gasteiger partial charge on any atom is -0.427 e. The normalized spacial score (nSPS) is 11.2. The zero-order valence-electron chi connectivity index (χ0n) is 18.1. The van der Waals surface area contributed by atoms with E-state index >= 15 is 0 Å². The highest BCUT2D eigenvalue weighted by Crippen LogP contribution is 2.25. The fourth-order valence-corrected chi connectivity index (χ4v) is 2.74. The van der Waals surface area contributed by atoms with Crippen LogP contribution in [0.3, 0.4) is 0 Å². The number of nitro benzene ring substituents is 1. The molecule has 3 aromatic carbocycles. The minimum atomic E-state index is -0.465. The number of benzene rings is 3. The molecule has 0 heterocycles. The maximum atomic E-state index is 11.8. The Morgan fingerprint density at radius 1 is 0.758 bits per heavy atom. The molecule has 0 saturated heterocycles. The fourth-order valence-electron chi connectivity index (χ4n) is 2.74. The first-order valence-corrected chi connectivity index (χ1v) is 10.5. The van der Waals surface area contributed by atoms with Crippen LogP contribution in [-0.4, -0.2) is 10.9 Å². The van der Waals surface area contributed by atoms with Crippen LogP contribution in [0.15, 0.2) is 93.3 Å². The molecule has 0 unspecified atom stereocenters. The lowest BCUT2D eigenvalue weighted by Crippen LogP contribution is -2.07. The van der Waals surface area contributed by atoms with Crippen molar-refractivity contribution in [1.29, 1.82) is 0 Å². The molecule has 0 spiro atoms. The second kappa shape index (κ2) is 11.9. The summed E-state index contributed by atoms with van der Waals surface area (Å²) in [4.78, 5) is 22.0. The van der Waals surface area contributed by atoms with E-state index in [0.717, 1.165) is 19.3 Å². The van der Waals surface area contributed by atoms with Gasteiger partial charge in [0.25, 0.3) is 5.69 Å². The van der Waals surface area contributed by atoms with Crippen LogP contribution in [0.4, 0.5) is 28.4 Å². The number of esters is 1. The summed E-state index contributed by atoms with van der Waals surface area (Å²) in [6, 6.07) is 19.6. The molecule has 0 radical (unpaired) electrons. The van der Waals surface area contributed by atoms with Crippen molar-refractivity contribution in [2.75, 3.05) is 0 Å². The Labute approximate surface area is 191 Å². The van der Waals surface area contributed by atoms with Gasteiger partial charge in [-0.05, 0) is 67.1 Å². The average molecular weight is 445 g/mol. The number of carbonyl (C=O) groups is 1. The van der Waals surface area contributed by atoms with E-state index in [9.17, 15) is 14.9 Å². The van der Waals surface area contributed by atoms with E-state index in [4.69, 9.17) is 4.74 Å². The molecule has 0 aliphatic carbocycles. The van der Waals surface area contributed by atoms with Gasteiger partial charge in [-0.15, -0.1) is 0 Å². The molecule has 0 aliphatic rings. The second-order valence-corrected chi connectivity index (χ2v) is 7.11. The lowest BCUT2D eigenvalue weighted by molar-refractivity contribution is -0.384. The minimum absolute atomic E-state index is 0.00160. The molecule has 33 heavy (non-hydrogen) atoms. The van der Waals surface area contributed by atoms with Gasteiger partial charge in [-0.2, -0.15) is 20.5 Å². The molecule has 3 aromatic rings. The Morgan fingerprint density at radius 2 is 1.18 bits per heavy atom. The van der Waals surface area contributed by atoms with Crippen molar-refractivity contribution >= 4 is 34.4 Å². The summed E-state index contributed by atoms with van der Waals surface area (Å²) in [5.41, 5.74) is 2.39. The summed E-state index contributed by atoms with van der Waals surface area (Å²) < 4.78 is 5.30. The van der Waals surface area contributed by atoms with E-state index in [-0.39, 0.29) is 11.7 Å². The molecule has 0 bridgehead atoms. The third kappa shape index (κ3) is 7.73. The summed E-state index contributed by atoms with van der Waals surface area (Å²) in [5, 5.41) is 27.2. The molecular formula is C24H23N5O4. The first-order valence-electron chi connectivity index (χ1n) is 10.5. The van der Waals surface area contributed by atoms with E-state index in [1.165, 1.54) is 24.3 Å². The summed E-state index contributed by atoms with van der Waals surface area (Å²) >= 11 is 0. The number of ether oxygens (including phenoxy) is 1. The molecule has 168 valence electrons. The van der Waals surface area contributed by atoms with Gasteiger partial charge in [-0.1, -0.05) is 19.8 Å². The van der Waals surface area contributed by atoms with E-state index < -0.39 is 4.92 Å². The summed E-state index contributed by atoms with van der Waals surface area (Å²) in [7, 11) is 0. The number of nitrogens with zero attached hydrogens (tertiary/aromatic N) is 5. The predicted octanol–water partition coefficient (Wildman–Crippen LogP) is 7.91. The molecule has 9 nitrogen and oxygen atoms in total. The largest absolute Gasteiger partial charge is 0.427 e. The Hall–Kier alpha value is -4.27. The van der Waals surface area contributed by atoms with Gasteiger partial charge in [0, 0.05) is 18.6 Å². The molecule has 0 atom stereocenters. The van der Waals surface area contributed by atoms with Gasteiger partial charge >= 0.3 is 5.97 Å². The van der Waals surface area contributed by atoms with E-state index in [0.29, 0.717) is 34.9 Å². The summed E-state index contributed by atoms with van der Waals surface area (Å²) in [6.07, 6.45) is 3.32. The van der Waals surface area contributed by atoms with Crippen LogP contribution >= 0.6 is 0 Å². The van der Waals surface area contributed by atoms with Crippen LogP contribution in [0.1, 0.15) is 32.6 Å². The van der Waals surface area contributed by atoms with Gasteiger partial charge in [0.15, 0.2) is 0 Å². The highest BCUT2D eigenvalue weighted by molar-refractivity contribution is 5.72. The highest BCUT2D eigenvalue weighted by Gasteiger charge is 2.05. The van der Waals surface area contributed by atoms with Crippen molar-refractivity contribution < 1.29 is 14.5 Å². The topological polar surface area (TPSA) is 119 Å². The first-order chi connectivity index (χ1) is 16.0. The fraction of sp³-hybridized carbons (Fsp3) is 0.208. The molecular weight excluding hydrogens is 422 g/mol. The molecule has 0 aliphatic heterocycles. The van der Waals surface area contributed by atoms with E-state index in [1.807, 2.05) is 0 Å². The van der Waals surface area contributed by atoms with Crippen LogP contribution in [0, 0.1) is 10.1 Å². The summed E-state index contributed by atoms with van der Waals surface area (Å²) in [6.45, 7) is 2.09. The van der Waals surface area contributed by atoms with Crippen molar-refractivity contribution in [2.24, 2.45) is 20.5 Å². The van der Waals surface area contributed by atoms with E-state index in [1.54, 1.807) is 48.5 Å². The Kier molecular flexibility index (Phi) is 8.47. The number of carbonyl (C=O) groups excluding carboxylic acids is 1. The summed E-state index contributed by atoms with van der Waals surface area (Å²) in [5.74, 6) is 0.252. The standard InChI is InChI=1S/C24H23N5O4/c1-2-3-4-5-24(30)33-23-16-12-21(13-17-23)28-26-19-8-6-18(7-9-19)25-27-20-10-14-22(15-11-20)29(31)32/h6-17H,2-5H2,1H3. The zero-order valence-corrected chi connectivity index (χ0v) is 18.1. The first kappa shape index (κ1) is 23.4. The lowest BCUT2D eigenvalue weighted by Gasteiger charge is -2.04. The number of unbranched alkanes of at least 4 members (excludes halogenated alkanes) is 2. The maximum absolute atomic E-state index is 11.8. The van der Waals surface area contributed by atoms with Crippen molar-refractivity contribution in [3.05, 3.63) is 82.9 Å². The number of hydrogen-bond donors (Lipinski definition) is 0. The SMILES string of the molecule is CCCCCC(=O)Oc1ccc(N=Nc2ccc(N=Nc3ccc([N+](=O)[O-])cc3)cc2)cc1. The van der Waals surface area contributed by atoms with Crippen molar-refractivity contribution in [3.63, 3.8) is 0 Å².